The van der Waals surface area contributed by atoms with Crippen molar-refractivity contribution in [2.24, 2.45) is 0 Å². The van der Waals surface area contributed by atoms with Crippen LogP contribution in [0.15, 0.2) is 12.1 Å². The number of hydrogen-bond donors (Lipinski definition) is 0. The van der Waals surface area contributed by atoms with Crippen molar-refractivity contribution in [3.63, 3.8) is 0 Å². The summed E-state index contributed by atoms with van der Waals surface area (Å²) in [6.45, 7) is 0.689. The monoisotopic (exact) mass is 344 g/mol. The summed E-state index contributed by atoms with van der Waals surface area (Å²) in [5.41, 5.74) is 0.467. The molecule has 0 saturated carbocycles. The van der Waals surface area contributed by atoms with Crippen molar-refractivity contribution in [1.82, 2.24) is 0 Å². The minimum absolute atomic E-state index is 0.291. The molecule has 0 saturated heterocycles. The van der Waals surface area contributed by atoms with Crippen LogP contribution in [0.2, 0.25) is 0 Å². The maximum absolute atomic E-state index is 13.5. The van der Waals surface area contributed by atoms with E-state index >= 15 is 0 Å². The Hall–Kier alpha value is -0.0566. The van der Waals surface area contributed by atoms with Crippen LogP contribution in [0.25, 0.3) is 0 Å². The SMILES string of the molecule is COCCOc1cc(F)cc(F)c1[CH2][Zn][Br]. The zero-order valence-electron chi connectivity index (χ0n) is 8.93. The molecule has 0 aliphatic rings. The van der Waals surface area contributed by atoms with Gasteiger partial charge in [-0.2, -0.15) is 0 Å². The second-order valence-electron chi connectivity index (χ2n) is 3.14. The summed E-state index contributed by atoms with van der Waals surface area (Å²) >= 11 is 2.48. The Morgan fingerprint density at radius 2 is 2.06 bits per heavy atom. The molecule has 0 heterocycles. The average molecular weight is 346 g/mol. The van der Waals surface area contributed by atoms with Crippen LogP contribution in [-0.4, -0.2) is 20.3 Å². The summed E-state index contributed by atoms with van der Waals surface area (Å²) in [7, 11) is 1.55. The molecule has 6 heteroatoms. The quantitative estimate of drug-likeness (QED) is 0.582. The summed E-state index contributed by atoms with van der Waals surface area (Å²) in [6.07, 6.45) is 0. The van der Waals surface area contributed by atoms with E-state index in [1.807, 2.05) is 0 Å². The number of ether oxygens (including phenoxy) is 2. The zero-order valence-corrected chi connectivity index (χ0v) is 13.5. The molecular weight excluding hydrogens is 335 g/mol. The van der Waals surface area contributed by atoms with Crippen molar-refractivity contribution in [3.05, 3.63) is 29.3 Å². The molecule has 0 amide bonds. The molecular formula is C10H11BrF2O2Zn. The molecule has 1 aromatic carbocycles. The van der Waals surface area contributed by atoms with Gasteiger partial charge in [-0.05, 0) is 0 Å². The molecule has 0 aliphatic heterocycles. The number of benzene rings is 1. The van der Waals surface area contributed by atoms with Crippen LogP contribution in [0, 0.1) is 11.6 Å². The third-order valence-corrected chi connectivity index (χ3v) is 5.51. The van der Waals surface area contributed by atoms with Crippen molar-refractivity contribution >= 4 is 13.6 Å². The summed E-state index contributed by atoms with van der Waals surface area (Å²) in [5.74, 6) is -0.854. The molecule has 16 heavy (non-hydrogen) atoms. The molecule has 0 aliphatic carbocycles. The van der Waals surface area contributed by atoms with Crippen molar-refractivity contribution in [1.29, 1.82) is 0 Å². The van der Waals surface area contributed by atoms with Gasteiger partial charge in [0.25, 0.3) is 0 Å². The third-order valence-electron chi connectivity index (χ3n) is 2.01. The zero-order chi connectivity index (χ0) is 12.0. The average Bonchev–Trinajstić information content (AvgIpc) is 2.23. The Labute approximate surface area is 107 Å². The fourth-order valence-electron chi connectivity index (χ4n) is 1.28. The van der Waals surface area contributed by atoms with Gasteiger partial charge in [-0.3, -0.25) is 0 Å². The van der Waals surface area contributed by atoms with E-state index in [1.54, 1.807) is 7.11 Å². The molecule has 2 nitrogen and oxygen atoms in total. The van der Waals surface area contributed by atoms with Crippen LogP contribution in [0.4, 0.5) is 8.78 Å². The molecule has 1 aromatic rings. The predicted molar refractivity (Wildman–Crippen MR) is 56.4 cm³/mol. The van der Waals surface area contributed by atoms with Gasteiger partial charge >= 0.3 is 107 Å². The van der Waals surface area contributed by atoms with Crippen LogP contribution in [-0.2, 0) is 24.9 Å². The van der Waals surface area contributed by atoms with Crippen LogP contribution in [0.1, 0.15) is 5.56 Å². The molecule has 86 valence electrons. The Morgan fingerprint density at radius 1 is 1.31 bits per heavy atom. The van der Waals surface area contributed by atoms with E-state index in [0.717, 1.165) is 6.07 Å². The van der Waals surface area contributed by atoms with Gasteiger partial charge in [-0.25, -0.2) is 0 Å². The predicted octanol–water partition coefficient (Wildman–Crippen LogP) is 2.88. The summed E-state index contributed by atoms with van der Waals surface area (Å²) in [6, 6.07) is 2.11. The van der Waals surface area contributed by atoms with E-state index in [0.29, 0.717) is 29.5 Å². The molecule has 0 aromatic heterocycles. The van der Waals surface area contributed by atoms with Gasteiger partial charge in [-0.1, -0.05) is 0 Å². The van der Waals surface area contributed by atoms with E-state index in [9.17, 15) is 8.78 Å². The van der Waals surface area contributed by atoms with Gasteiger partial charge in [0.05, 0.1) is 0 Å². The molecule has 0 unspecified atom stereocenters. The van der Waals surface area contributed by atoms with Gasteiger partial charge in [0.2, 0.25) is 0 Å². The maximum atomic E-state index is 13.5. The molecule has 0 atom stereocenters. The van der Waals surface area contributed by atoms with E-state index in [1.165, 1.54) is 6.07 Å². The fourth-order valence-corrected chi connectivity index (χ4v) is 4.76. The summed E-state index contributed by atoms with van der Waals surface area (Å²) < 4.78 is 36.6. The van der Waals surface area contributed by atoms with Crippen molar-refractivity contribution in [2.75, 3.05) is 20.3 Å². The first-order chi connectivity index (χ1) is 7.69. The Kier molecular flexibility index (Phi) is 6.39. The van der Waals surface area contributed by atoms with Crippen molar-refractivity contribution < 1.29 is 33.4 Å². The summed E-state index contributed by atoms with van der Waals surface area (Å²) in [5, 5.41) is 0.640. The van der Waals surface area contributed by atoms with Gasteiger partial charge in [0.15, 0.2) is 0 Å². The van der Waals surface area contributed by atoms with Gasteiger partial charge < -0.3 is 0 Å². The second kappa shape index (κ2) is 7.30. The Morgan fingerprint density at radius 3 is 2.69 bits per heavy atom. The van der Waals surface area contributed by atoms with Crippen LogP contribution in [0.3, 0.4) is 0 Å². The molecule has 0 N–H and O–H groups in total. The van der Waals surface area contributed by atoms with Crippen molar-refractivity contribution in [3.8, 4) is 5.75 Å². The van der Waals surface area contributed by atoms with Crippen LogP contribution in [0.5, 0.6) is 5.75 Å². The van der Waals surface area contributed by atoms with E-state index in [-0.39, 0.29) is 0 Å². The fraction of sp³-hybridized carbons (Fsp3) is 0.400. The third kappa shape index (κ3) is 4.07. The molecule has 0 fully saturated rings. The standard InChI is InChI=1S/C10H11F2O2.BrH.Zn/c1-7-9(12)5-8(11)6-10(7)14-4-3-13-2;;/h5-6H,1,3-4H2,2H3;1H;/q;;+1/p-1. The molecule has 0 bridgehead atoms. The first-order valence-corrected chi connectivity index (χ1v) is 13.9. The number of rotatable bonds is 6. The first-order valence-electron chi connectivity index (χ1n) is 4.84. The number of hydrogen-bond acceptors (Lipinski definition) is 2. The topological polar surface area (TPSA) is 18.5 Å². The molecule has 1 rings (SSSR count). The Bertz CT molecular complexity index is 350. The van der Waals surface area contributed by atoms with Gasteiger partial charge in [0.1, 0.15) is 0 Å². The molecule has 0 radical (unpaired) electrons. The minimum atomic E-state index is -0.922. The van der Waals surface area contributed by atoms with Crippen LogP contribution < -0.4 is 4.74 Å². The van der Waals surface area contributed by atoms with E-state index < -0.39 is 26.8 Å². The van der Waals surface area contributed by atoms with Crippen molar-refractivity contribution in [2.45, 2.75) is 5.02 Å². The first kappa shape index (κ1) is 14.0. The van der Waals surface area contributed by atoms with Gasteiger partial charge in [0, 0.05) is 0 Å². The molecule has 0 spiro atoms. The van der Waals surface area contributed by atoms with E-state index in [2.05, 4.69) is 13.6 Å². The Balaban J connectivity index is 2.85. The normalized spacial score (nSPS) is 10.0. The number of halogens is 3. The number of methoxy groups -OCH3 is 1. The van der Waals surface area contributed by atoms with Crippen LogP contribution >= 0.6 is 13.6 Å². The second-order valence-corrected chi connectivity index (χ2v) is 9.11. The van der Waals surface area contributed by atoms with E-state index in [4.69, 9.17) is 9.47 Å². The summed E-state index contributed by atoms with van der Waals surface area (Å²) in [4.78, 5) is 0. The van der Waals surface area contributed by atoms with Gasteiger partial charge in [-0.15, -0.1) is 0 Å².